The predicted octanol–water partition coefficient (Wildman–Crippen LogP) is 3.86. The van der Waals surface area contributed by atoms with E-state index in [0.717, 1.165) is 28.0 Å². The summed E-state index contributed by atoms with van der Waals surface area (Å²) in [6, 6.07) is 14.1. The van der Waals surface area contributed by atoms with Gasteiger partial charge in [0.1, 0.15) is 12.4 Å². The molecule has 0 unspecified atom stereocenters. The largest absolute Gasteiger partial charge is 0.488 e. The quantitative estimate of drug-likeness (QED) is 0.735. The minimum atomic E-state index is 0.581. The zero-order chi connectivity index (χ0) is 13.0. The van der Waals surface area contributed by atoms with Crippen molar-refractivity contribution in [2.24, 2.45) is 0 Å². The lowest BCUT2D eigenvalue weighted by Crippen LogP contribution is -1.99. The lowest BCUT2D eigenvalue weighted by atomic mass is 10.1. The van der Waals surface area contributed by atoms with Gasteiger partial charge in [-0.1, -0.05) is 36.3 Å². The summed E-state index contributed by atoms with van der Waals surface area (Å²) in [5, 5.41) is 0. The molecule has 0 fully saturated rings. The van der Waals surface area contributed by atoms with Gasteiger partial charge >= 0.3 is 0 Å². The first kappa shape index (κ1) is 12.3. The van der Waals surface area contributed by atoms with Crippen molar-refractivity contribution in [3.8, 4) is 18.1 Å². The SMILES string of the molecule is C#Cc1cc(C)c(OCc2ccccc2)c(C)c1. The summed E-state index contributed by atoms with van der Waals surface area (Å²) in [4.78, 5) is 0. The number of benzene rings is 2. The van der Waals surface area contributed by atoms with Crippen LogP contribution in [0.2, 0.25) is 0 Å². The Morgan fingerprint density at radius 3 is 2.22 bits per heavy atom. The Labute approximate surface area is 108 Å². The molecule has 2 aromatic rings. The van der Waals surface area contributed by atoms with Gasteiger partial charge in [0.15, 0.2) is 0 Å². The third kappa shape index (κ3) is 2.73. The maximum absolute atomic E-state index is 5.88. The molecule has 0 bridgehead atoms. The highest BCUT2D eigenvalue weighted by Gasteiger charge is 2.05. The van der Waals surface area contributed by atoms with E-state index >= 15 is 0 Å². The number of terminal acetylenes is 1. The Balaban J connectivity index is 2.18. The Morgan fingerprint density at radius 1 is 1.06 bits per heavy atom. The van der Waals surface area contributed by atoms with Crippen molar-refractivity contribution in [2.75, 3.05) is 0 Å². The van der Waals surface area contributed by atoms with E-state index in [1.807, 2.05) is 44.2 Å². The van der Waals surface area contributed by atoms with Crippen molar-refractivity contribution in [2.45, 2.75) is 20.5 Å². The van der Waals surface area contributed by atoms with E-state index in [-0.39, 0.29) is 0 Å². The van der Waals surface area contributed by atoms with Crippen LogP contribution in [0.1, 0.15) is 22.3 Å². The van der Waals surface area contributed by atoms with Gasteiger partial charge in [-0.3, -0.25) is 0 Å². The number of aryl methyl sites for hydroxylation is 2. The fourth-order valence-electron chi connectivity index (χ4n) is 1.99. The standard InChI is InChI=1S/C17H16O/c1-4-15-10-13(2)17(14(3)11-15)18-12-16-8-6-5-7-9-16/h1,5-11H,12H2,2-3H3. The highest BCUT2D eigenvalue weighted by atomic mass is 16.5. The zero-order valence-corrected chi connectivity index (χ0v) is 10.7. The van der Waals surface area contributed by atoms with Crippen molar-refractivity contribution < 1.29 is 4.74 Å². The number of ether oxygens (including phenoxy) is 1. The molecule has 0 radical (unpaired) electrons. The number of hydrogen-bond acceptors (Lipinski definition) is 1. The summed E-state index contributed by atoms with van der Waals surface area (Å²) < 4.78 is 5.88. The second-order valence-corrected chi connectivity index (χ2v) is 4.36. The molecule has 90 valence electrons. The van der Waals surface area contributed by atoms with Crippen LogP contribution >= 0.6 is 0 Å². The van der Waals surface area contributed by atoms with Gasteiger partial charge in [0.25, 0.3) is 0 Å². The molecule has 0 aliphatic rings. The molecule has 0 atom stereocenters. The van der Waals surface area contributed by atoms with Gasteiger partial charge in [-0.2, -0.15) is 0 Å². The molecule has 0 heterocycles. The lowest BCUT2D eigenvalue weighted by Gasteiger charge is -2.12. The molecule has 0 aliphatic carbocycles. The maximum Gasteiger partial charge on any atom is 0.125 e. The van der Waals surface area contributed by atoms with Crippen molar-refractivity contribution in [3.05, 3.63) is 64.7 Å². The Bertz CT molecular complexity index is 553. The smallest absolute Gasteiger partial charge is 0.125 e. The van der Waals surface area contributed by atoms with Gasteiger partial charge in [-0.15, -0.1) is 6.42 Å². The van der Waals surface area contributed by atoms with Crippen LogP contribution in [0.3, 0.4) is 0 Å². The monoisotopic (exact) mass is 236 g/mol. The molecule has 0 amide bonds. The molecule has 0 saturated heterocycles. The van der Waals surface area contributed by atoms with Gasteiger partial charge in [-0.25, -0.2) is 0 Å². The molecular formula is C17H16O. The van der Waals surface area contributed by atoms with E-state index in [1.165, 1.54) is 0 Å². The van der Waals surface area contributed by atoms with Crippen molar-refractivity contribution >= 4 is 0 Å². The highest BCUT2D eigenvalue weighted by molar-refractivity contribution is 5.48. The predicted molar refractivity (Wildman–Crippen MR) is 74.6 cm³/mol. The molecular weight excluding hydrogens is 220 g/mol. The normalized spacial score (nSPS) is 9.83. The van der Waals surface area contributed by atoms with Crippen LogP contribution in [0, 0.1) is 26.2 Å². The zero-order valence-electron chi connectivity index (χ0n) is 10.7. The summed E-state index contributed by atoms with van der Waals surface area (Å²) in [7, 11) is 0. The molecule has 2 aromatic carbocycles. The van der Waals surface area contributed by atoms with Gasteiger partial charge in [-0.05, 0) is 42.7 Å². The van der Waals surface area contributed by atoms with Crippen LogP contribution in [0.25, 0.3) is 0 Å². The van der Waals surface area contributed by atoms with Crippen LogP contribution in [0.15, 0.2) is 42.5 Å². The molecule has 1 nitrogen and oxygen atoms in total. The summed E-state index contributed by atoms with van der Waals surface area (Å²) in [6.07, 6.45) is 5.41. The molecule has 0 aromatic heterocycles. The molecule has 0 aliphatic heterocycles. The van der Waals surface area contributed by atoms with E-state index in [2.05, 4.69) is 18.1 Å². The first-order chi connectivity index (χ1) is 8.70. The summed E-state index contributed by atoms with van der Waals surface area (Å²) in [5.74, 6) is 3.58. The van der Waals surface area contributed by atoms with Gasteiger partial charge in [0, 0.05) is 5.56 Å². The minimum absolute atomic E-state index is 0.581. The Hall–Kier alpha value is -2.20. The van der Waals surface area contributed by atoms with Crippen LogP contribution in [0.4, 0.5) is 0 Å². The first-order valence-electron chi connectivity index (χ1n) is 5.95. The van der Waals surface area contributed by atoms with Gasteiger partial charge in [0.2, 0.25) is 0 Å². The van der Waals surface area contributed by atoms with Crippen molar-refractivity contribution in [1.29, 1.82) is 0 Å². The van der Waals surface area contributed by atoms with Gasteiger partial charge < -0.3 is 4.74 Å². The van der Waals surface area contributed by atoms with E-state index < -0.39 is 0 Å². The van der Waals surface area contributed by atoms with Crippen LogP contribution in [-0.4, -0.2) is 0 Å². The van der Waals surface area contributed by atoms with Crippen molar-refractivity contribution in [3.63, 3.8) is 0 Å². The summed E-state index contributed by atoms with van der Waals surface area (Å²) >= 11 is 0. The Kier molecular flexibility index (Phi) is 3.69. The molecule has 1 heteroatoms. The second kappa shape index (κ2) is 5.42. The minimum Gasteiger partial charge on any atom is -0.488 e. The van der Waals surface area contributed by atoms with E-state index in [4.69, 9.17) is 11.2 Å². The topological polar surface area (TPSA) is 9.23 Å². The van der Waals surface area contributed by atoms with Crippen LogP contribution in [0.5, 0.6) is 5.75 Å². The van der Waals surface area contributed by atoms with E-state index in [1.54, 1.807) is 0 Å². The third-order valence-electron chi connectivity index (χ3n) is 2.85. The summed E-state index contributed by atoms with van der Waals surface area (Å²) in [6.45, 7) is 4.63. The fourth-order valence-corrected chi connectivity index (χ4v) is 1.99. The molecule has 0 saturated carbocycles. The summed E-state index contributed by atoms with van der Waals surface area (Å²) in [5.41, 5.74) is 4.23. The second-order valence-electron chi connectivity index (χ2n) is 4.36. The fraction of sp³-hybridized carbons (Fsp3) is 0.176. The van der Waals surface area contributed by atoms with Crippen molar-refractivity contribution in [1.82, 2.24) is 0 Å². The third-order valence-corrected chi connectivity index (χ3v) is 2.85. The average Bonchev–Trinajstić information content (AvgIpc) is 2.38. The number of rotatable bonds is 3. The molecule has 0 N–H and O–H groups in total. The van der Waals surface area contributed by atoms with E-state index in [0.29, 0.717) is 6.61 Å². The average molecular weight is 236 g/mol. The van der Waals surface area contributed by atoms with Crippen LogP contribution in [-0.2, 0) is 6.61 Å². The van der Waals surface area contributed by atoms with E-state index in [9.17, 15) is 0 Å². The molecule has 18 heavy (non-hydrogen) atoms. The van der Waals surface area contributed by atoms with Crippen LogP contribution < -0.4 is 4.74 Å². The number of hydrogen-bond donors (Lipinski definition) is 0. The molecule has 2 rings (SSSR count). The lowest BCUT2D eigenvalue weighted by molar-refractivity contribution is 0.302. The highest BCUT2D eigenvalue weighted by Crippen LogP contribution is 2.25. The molecule has 0 spiro atoms. The Morgan fingerprint density at radius 2 is 1.67 bits per heavy atom. The maximum atomic E-state index is 5.88. The first-order valence-corrected chi connectivity index (χ1v) is 5.95. The van der Waals surface area contributed by atoms with Gasteiger partial charge in [0.05, 0.1) is 0 Å².